The Balaban J connectivity index is 1.45. The van der Waals surface area contributed by atoms with Gasteiger partial charge in [-0.3, -0.25) is 9.59 Å². The van der Waals surface area contributed by atoms with Crippen molar-refractivity contribution in [2.24, 2.45) is 0 Å². The molecule has 0 saturated carbocycles. The minimum Gasteiger partial charge on any atom is -0.507 e. The highest BCUT2D eigenvalue weighted by molar-refractivity contribution is 5.97. The molecule has 0 unspecified atom stereocenters. The van der Waals surface area contributed by atoms with Crippen molar-refractivity contribution in [2.45, 2.75) is 6.42 Å². The quantitative estimate of drug-likeness (QED) is 0.893. The van der Waals surface area contributed by atoms with Crippen LogP contribution < -0.4 is 4.74 Å². The van der Waals surface area contributed by atoms with E-state index in [2.05, 4.69) is 0 Å². The number of benzene rings is 2. The summed E-state index contributed by atoms with van der Waals surface area (Å²) in [4.78, 5) is 28.2. The number of phenols is 1. The van der Waals surface area contributed by atoms with Crippen LogP contribution in [0.15, 0.2) is 54.6 Å². The van der Waals surface area contributed by atoms with Gasteiger partial charge in [0.05, 0.1) is 18.6 Å². The fourth-order valence-electron chi connectivity index (χ4n) is 2.91. The first-order valence-corrected chi connectivity index (χ1v) is 8.68. The molecule has 1 saturated heterocycles. The molecule has 0 atom stereocenters. The number of carbonyl (C=O) groups excluding carboxylic acids is 2. The normalized spacial score (nSPS) is 14.2. The Morgan fingerprint density at radius 3 is 2.19 bits per heavy atom. The fraction of sp³-hybridized carbons (Fsp3) is 0.300. The molecule has 1 aliphatic heterocycles. The minimum absolute atomic E-state index is 0.0194. The molecule has 0 bridgehead atoms. The summed E-state index contributed by atoms with van der Waals surface area (Å²) in [5.41, 5.74) is 0.295. The number of amides is 2. The highest BCUT2D eigenvalue weighted by Crippen LogP contribution is 2.19. The molecule has 1 N–H and O–H groups in total. The molecule has 6 heteroatoms. The minimum atomic E-state index is -0.206. The summed E-state index contributed by atoms with van der Waals surface area (Å²) < 4.78 is 5.56. The van der Waals surface area contributed by atoms with Crippen LogP contribution in [0.5, 0.6) is 11.5 Å². The van der Waals surface area contributed by atoms with Crippen LogP contribution in [0, 0.1) is 0 Å². The molecule has 26 heavy (non-hydrogen) atoms. The van der Waals surface area contributed by atoms with E-state index in [-0.39, 0.29) is 17.6 Å². The summed E-state index contributed by atoms with van der Waals surface area (Å²) in [6.07, 6.45) is 0.308. The Bertz CT molecular complexity index is 755. The second kappa shape index (κ2) is 8.38. The highest BCUT2D eigenvalue weighted by Gasteiger charge is 2.25. The van der Waals surface area contributed by atoms with Gasteiger partial charge in [-0.1, -0.05) is 30.3 Å². The Morgan fingerprint density at radius 1 is 0.885 bits per heavy atom. The van der Waals surface area contributed by atoms with Gasteiger partial charge in [-0.15, -0.1) is 0 Å². The number of phenolic OH excluding ortho intramolecular Hbond substituents is 1. The van der Waals surface area contributed by atoms with Crippen molar-refractivity contribution in [2.75, 3.05) is 32.8 Å². The standard InChI is InChI=1S/C20H22N2O4/c23-18-9-5-4-8-17(18)20(25)22-13-11-21(12-14-22)19(24)10-15-26-16-6-2-1-3-7-16/h1-9,23H,10-15H2. The average Bonchev–Trinajstić information content (AvgIpc) is 2.69. The number of hydrogen-bond donors (Lipinski definition) is 1. The average molecular weight is 354 g/mol. The van der Waals surface area contributed by atoms with Gasteiger partial charge in [0.1, 0.15) is 11.5 Å². The monoisotopic (exact) mass is 354 g/mol. The zero-order valence-electron chi connectivity index (χ0n) is 14.5. The SMILES string of the molecule is O=C(CCOc1ccccc1)N1CCN(C(=O)c2ccccc2O)CC1. The number of rotatable bonds is 5. The third-order valence-electron chi connectivity index (χ3n) is 4.38. The lowest BCUT2D eigenvalue weighted by molar-refractivity contribution is -0.133. The van der Waals surface area contributed by atoms with E-state index < -0.39 is 0 Å². The van der Waals surface area contributed by atoms with Gasteiger partial charge in [-0.05, 0) is 24.3 Å². The molecule has 0 spiro atoms. The van der Waals surface area contributed by atoms with E-state index in [0.717, 1.165) is 5.75 Å². The molecule has 136 valence electrons. The number of carbonyl (C=O) groups is 2. The molecule has 1 heterocycles. The van der Waals surface area contributed by atoms with Crippen molar-refractivity contribution < 1.29 is 19.4 Å². The smallest absolute Gasteiger partial charge is 0.257 e. The van der Waals surface area contributed by atoms with Crippen molar-refractivity contribution in [3.63, 3.8) is 0 Å². The van der Waals surface area contributed by atoms with Crippen molar-refractivity contribution in [1.82, 2.24) is 9.80 Å². The van der Waals surface area contributed by atoms with Gasteiger partial charge < -0.3 is 19.6 Å². The van der Waals surface area contributed by atoms with Gasteiger partial charge in [0, 0.05) is 26.2 Å². The second-order valence-corrected chi connectivity index (χ2v) is 6.10. The van der Waals surface area contributed by atoms with E-state index >= 15 is 0 Å². The van der Waals surface area contributed by atoms with E-state index in [1.165, 1.54) is 6.07 Å². The van der Waals surface area contributed by atoms with Crippen LogP contribution >= 0.6 is 0 Å². The maximum Gasteiger partial charge on any atom is 0.257 e. The van der Waals surface area contributed by atoms with Crippen LogP contribution in [0.25, 0.3) is 0 Å². The zero-order valence-corrected chi connectivity index (χ0v) is 14.5. The molecule has 6 nitrogen and oxygen atoms in total. The molecule has 1 fully saturated rings. The van der Waals surface area contributed by atoms with Crippen LogP contribution in [-0.2, 0) is 4.79 Å². The van der Waals surface area contributed by atoms with E-state index in [4.69, 9.17) is 4.74 Å². The lowest BCUT2D eigenvalue weighted by Crippen LogP contribution is -2.50. The molecule has 2 aromatic rings. The van der Waals surface area contributed by atoms with E-state index in [9.17, 15) is 14.7 Å². The molecule has 0 aromatic heterocycles. The first kappa shape index (κ1) is 17.8. The zero-order chi connectivity index (χ0) is 18.4. The van der Waals surface area contributed by atoms with Gasteiger partial charge in [-0.2, -0.15) is 0 Å². The molecular weight excluding hydrogens is 332 g/mol. The van der Waals surface area contributed by atoms with Crippen molar-refractivity contribution in [3.05, 3.63) is 60.2 Å². The highest BCUT2D eigenvalue weighted by atomic mass is 16.5. The first-order valence-electron chi connectivity index (χ1n) is 8.68. The predicted octanol–water partition coefficient (Wildman–Crippen LogP) is 2.15. The molecule has 0 radical (unpaired) electrons. The van der Waals surface area contributed by atoms with Crippen molar-refractivity contribution in [3.8, 4) is 11.5 Å². The Hall–Kier alpha value is -3.02. The number of aromatic hydroxyl groups is 1. The molecule has 3 rings (SSSR count). The lowest BCUT2D eigenvalue weighted by Gasteiger charge is -2.35. The van der Waals surface area contributed by atoms with Crippen LogP contribution in [0.2, 0.25) is 0 Å². The topological polar surface area (TPSA) is 70.1 Å². The lowest BCUT2D eigenvalue weighted by atomic mass is 10.1. The maximum absolute atomic E-state index is 12.5. The van der Waals surface area contributed by atoms with Crippen LogP contribution in [0.4, 0.5) is 0 Å². The number of nitrogens with zero attached hydrogens (tertiary/aromatic N) is 2. The third kappa shape index (κ3) is 4.33. The van der Waals surface area contributed by atoms with Gasteiger partial charge in [0.25, 0.3) is 5.91 Å². The predicted molar refractivity (Wildman–Crippen MR) is 97.1 cm³/mol. The Kier molecular flexibility index (Phi) is 5.73. The Morgan fingerprint density at radius 2 is 1.50 bits per heavy atom. The van der Waals surface area contributed by atoms with Crippen molar-refractivity contribution >= 4 is 11.8 Å². The first-order chi connectivity index (χ1) is 12.6. The number of para-hydroxylation sites is 2. The molecular formula is C20H22N2O4. The summed E-state index contributed by atoms with van der Waals surface area (Å²) >= 11 is 0. The number of hydrogen-bond acceptors (Lipinski definition) is 4. The maximum atomic E-state index is 12.5. The van der Waals surface area contributed by atoms with Gasteiger partial charge in [0.15, 0.2) is 0 Å². The molecule has 2 aromatic carbocycles. The van der Waals surface area contributed by atoms with Crippen LogP contribution in [0.3, 0.4) is 0 Å². The summed E-state index contributed by atoms with van der Waals surface area (Å²) in [6.45, 7) is 2.23. The van der Waals surface area contributed by atoms with Gasteiger partial charge in [0.2, 0.25) is 5.91 Å². The molecule has 0 aliphatic carbocycles. The van der Waals surface area contributed by atoms with E-state index in [1.807, 2.05) is 30.3 Å². The largest absolute Gasteiger partial charge is 0.507 e. The van der Waals surface area contributed by atoms with Crippen LogP contribution in [0.1, 0.15) is 16.8 Å². The van der Waals surface area contributed by atoms with Crippen molar-refractivity contribution in [1.29, 1.82) is 0 Å². The summed E-state index contributed by atoms with van der Waals surface area (Å²) in [6, 6.07) is 15.9. The van der Waals surface area contributed by atoms with E-state index in [1.54, 1.807) is 28.0 Å². The third-order valence-corrected chi connectivity index (χ3v) is 4.38. The second-order valence-electron chi connectivity index (χ2n) is 6.10. The van der Waals surface area contributed by atoms with E-state index in [0.29, 0.717) is 44.8 Å². The molecule has 2 amide bonds. The van der Waals surface area contributed by atoms with Crippen LogP contribution in [-0.4, -0.2) is 59.5 Å². The number of piperazine rings is 1. The fourth-order valence-corrected chi connectivity index (χ4v) is 2.91. The summed E-state index contributed by atoms with van der Waals surface area (Å²) in [7, 11) is 0. The van der Waals surface area contributed by atoms with Gasteiger partial charge in [-0.25, -0.2) is 0 Å². The van der Waals surface area contributed by atoms with Gasteiger partial charge >= 0.3 is 0 Å². The summed E-state index contributed by atoms with van der Waals surface area (Å²) in [5, 5.41) is 9.82. The molecule has 1 aliphatic rings. The number of ether oxygens (including phenoxy) is 1. The Labute approximate surface area is 152 Å². The summed E-state index contributed by atoms with van der Waals surface area (Å²) in [5.74, 6) is 0.547.